The van der Waals surface area contributed by atoms with Crippen LogP contribution in [0.5, 0.6) is 0 Å². The largest absolute Gasteiger partial charge is 0.341 e. The highest BCUT2D eigenvalue weighted by atomic mass is 15.1. The van der Waals surface area contributed by atoms with Crippen LogP contribution in [0.4, 0.5) is 22.7 Å². The van der Waals surface area contributed by atoms with Crippen molar-refractivity contribution < 1.29 is 0 Å². The predicted octanol–water partition coefficient (Wildman–Crippen LogP) is 13.8. The van der Waals surface area contributed by atoms with E-state index in [0.29, 0.717) is 0 Å². The number of hydrogen-bond donors (Lipinski definition) is 0. The molecular weight excluding hydrogens is 653 g/mol. The zero-order valence-electron chi connectivity index (χ0n) is 30.3. The van der Waals surface area contributed by atoms with Gasteiger partial charge < -0.3 is 9.80 Å². The summed E-state index contributed by atoms with van der Waals surface area (Å²) in [6.07, 6.45) is 4.55. The number of benzene rings is 9. The first-order valence-corrected chi connectivity index (χ1v) is 19.5. The van der Waals surface area contributed by atoms with Gasteiger partial charge in [-0.05, 0) is 145 Å². The zero-order valence-corrected chi connectivity index (χ0v) is 30.3. The Morgan fingerprint density at radius 2 is 0.870 bits per heavy atom. The van der Waals surface area contributed by atoms with Crippen LogP contribution in [0.1, 0.15) is 24.0 Å². The summed E-state index contributed by atoms with van der Waals surface area (Å²) in [6, 6.07) is 63.9. The summed E-state index contributed by atoms with van der Waals surface area (Å²) in [5.74, 6) is 0. The average Bonchev–Trinajstić information content (AvgIpc) is 3.25. The molecule has 0 aromatic heterocycles. The van der Waals surface area contributed by atoms with Gasteiger partial charge in [0.05, 0.1) is 0 Å². The van der Waals surface area contributed by atoms with Crippen molar-refractivity contribution in [2.75, 3.05) is 22.9 Å². The second-order valence-electron chi connectivity index (χ2n) is 15.0. The first-order chi connectivity index (χ1) is 26.8. The maximum Gasteiger partial charge on any atom is 0.0443 e. The van der Waals surface area contributed by atoms with E-state index in [9.17, 15) is 0 Å². The molecule has 0 spiro atoms. The molecule has 258 valence electrons. The molecule has 0 fully saturated rings. The highest BCUT2D eigenvalue weighted by molar-refractivity contribution is 6.26. The molecule has 0 saturated heterocycles. The van der Waals surface area contributed by atoms with E-state index in [1.54, 1.807) is 0 Å². The Morgan fingerprint density at radius 3 is 1.54 bits per heavy atom. The average molecular weight is 693 g/mol. The van der Waals surface area contributed by atoms with Gasteiger partial charge in [0.25, 0.3) is 0 Å². The van der Waals surface area contributed by atoms with E-state index in [4.69, 9.17) is 0 Å². The van der Waals surface area contributed by atoms with Crippen LogP contribution >= 0.6 is 0 Å². The van der Waals surface area contributed by atoms with Crippen molar-refractivity contribution in [2.24, 2.45) is 0 Å². The summed E-state index contributed by atoms with van der Waals surface area (Å²) in [6.45, 7) is 2.02. The molecule has 0 N–H and O–H groups in total. The van der Waals surface area contributed by atoms with E-state index in [0.717, 1.165) is 38.8 Å². The highest BCUT2D eigenvalue weighted by Gasteiger charge is 2.24. The molecule has 2 aliphatic rings. The Bertz CT molecular complexity index is 2910. The Labute approximate surface area is 316 Å². The van der Waals surface area contributed by atoms with Crippen LogP contribution in [0.15, 0.2) is 170 Å². The minimum absolute atomic E-state index is 1.01. The number of aryl methyl sites for hydroxylation is 2. The third-order valence-corrected chi connectivity index (χ3v) is 12.0. The first-order valence-electron chi connectivity index (χ1n) is 19.5. The van der Waals surface area contributed by atoms with Crippen LogP contribution in [0.2, 0.25) is 0 Å². The lowest BCUT2D eigenvalue weighted by molar-refractivity contribution is 0.767. The molecule has 0 amide bonds. The summed E-state index contributed by atoms with van der Waals surface area (Å²) in [5, 5.41) is 10.3. The van der Waals surface area contributed by atoms with Crippen LogP contribution in [-0.4, -0.2) is 13.1 Å². The van der Waals surface area contributed by atoms with Gasteiger partial charge in [0.1, 0.15) is 0 Å². The SMILES string of the molecule is c1ccc(-c2c3cc(N4CCCc5ccccc54)ccc3c(-c3cc4ccccc4c4ccccc34)c3cc(N4CCCc5ccccc54)ccc23)cc1. The molecule has 0 aliphatic carbocycles. The van der Waals surface area contributed by atoms with E-state index >= 15 is 0 Å². The molecule has 9 aromatic rings. The third kappa shape index (κ3) is 4.94. The fraction of sp³-hybridized carbons (Fsp3) is 0.115. The van der Waals surface area contributed by atoms with Crippen LogP contribution < -0.4 is 9.80 Å². The molecule has 0 bridgehead atoms. The smallest absolute Gasteiger partial charge is 0.0443 e. The number of fused-ring (bicyclic) bond motifs is 7. The van der Waals surface area contributed by atoms with Crippen molar-refractivity contribution in [3.05, 3.63) is 181 Å². The van der Waals surface area contributed by atoms with Crippen molar-refractivity contribution in [1.29, 1.82) is 0 Å². The van der Waals surface area contributed by atoms with Crippen molar-refractivity contribution in [3.8, 4) is 22.3 Å². The molecular formula is C52H40N2. The number of para-hydroxylation sites is 2. The van der Waals surface area contributed by atoms with E-state index in [1.165, 1.54) is 99.2 Å². The summed E-state index contributed by atoms with van der Waals surface area (Å²) < 4.78 is 0. The lowest BCUT2D eigenvalue weighted by Gasteiger charge is -2.32. The van der Waals surface area contributed by atoms with Gasteiger partial charge in [-0.3, -0.25) is 0 Å². The van der Waals surface area contributed by atoms with E-state index < -0.39 is 0 Å². The predicted molar refractivity (Wildman–Crippen MR) is 231 cm³/mol. The van der Waals surface area contributed by atoms with Gasteiger partial charge in [0, 0.05) is 35.8 Å². The molecule has 2 nitrogen and oxygen atoms in total. The van der Waals surface area contributed by atoms with Gasteiger partial charge in [-0.2, -0.15) is 0 Å². The number of rotatable bonds is 4. The van der Waals surface area contributed by atoms with Crippen LogP contribution in [0, 0.1) is 0 Å². The number of hydrogen-bond acceptors (Lipinski definition) is 2. The Hall–Kier alpha value is -6.38. The molecule has 54 heavy (non-hydrogen) atoms. The lowest BCUT2D eigenvalue weighted by atomic mass is 9.83. The van der Waals surface area contributed by atoms with Gasteiger partial charge in [0.15, 0.2) is 0 Å². The quantitative estimate of drug-likeness (QED) is 0.134. The molecule has 2 heteroatoms. The van der Waals surface area contributed by atoms with Crippen LogP contribution in [0.3, 0.4) is 0 Å². The fourth-order valence-corrected chi connectivity index (χ4v) is 9.61. The second-order valence-corrected chi connectivity index (χ2v) is 15.0. The molecule has 2 heterocycles. The highest BCUT2D eigenvalue weighted by Crippen LogP contribution is 2.49. The monoisotopic (exact) mass is 692 g/mol. The van der Waals surface area contributed by atoms with Gasteiger partial charge in [-0.15, -0.1) is 0 Å². The van der Waals surface area contributed by atoms with Crippen molar-refractivity contribution >= 4 is 65.8 Å². The fourth-order valence-electron chi connectivity index (χ4n) is 9.61. The molecule has 0 radical (unpaired) electrons. The third-order valence-electron chi connectivity index (χ3n) is 12.0. The molecule has 0 saturated carbocycles. The lowest BCUT2D eigenvalue weighted by Crippen LogP contribution is -2.24. The van der Waals surface area contributed by atoms with Gasteiger partial charge in [0.2, 0.25) is 0 Å². The molecule has 2 aliphatic heterocycles. The van der Waals surface area contributed by atoms with Crippen molar-refractivity contribution in [2.45, 2.75) is 25.7 Å². The first kappa shape index (κ1) is 31.2. The molecule has 0 atom stereocenters. The van der Waals surface area contributed by atoms with E-state index in [1.807, 2.05) is 0 Å². The molecule has 0 unspecified atom stereocenters. The maximum absolute atomic E-state index is 2.55. The topological polar surface area (TPSA) is 6.48 Å². The maximum atomic E-state index is 2.55. The zero-order chi connectivity index (χ0) is 35.6. The van der Waals surface area contributed by atoms with Gasteiger partial charge >= 0.3 is 0 Å². The second kappa shape index (κ2) is 12.6. The summed E-state index contributed by atoms with van der Waals surface area (Å²) in [5.41, 5.74) is 13.2. The Balaban J connectivity index is 1.27. The van der Waals surface area contributed by atoms with Crippen LogP contribution in [-0.2, 0) is 12.8 Å². The van der Waals surface area contributed by atoms with E-state index in [2.05, 4.69) is 180 Å². The number of anilines is 4. The minimum atomic E-state index is 1.01. The van der Waals surface area contributed by atoms with Crippen molar-refractivity contribution in [3.63, 3.8) is 0 Å². The standard InChI is InChI=1S/C52H40N2/c1-2-16-37(17-3-1)51-44-28-26-40(54-31-13-20-36-15-6-11-25-50(36)54)34-48(44)52(46-32-38-18-4-7-21-41(38)42-22-8-9-23-43(42)46)45-29-27-39(33-47(45)51)53-30-12-19-35-14-5-10-24-49(35)53/h1-11,14-18,21-29,32-34H,12-13,19-20,30-31H2. The van der Waals surface area contributed by atoms with Crippen LogP contribution in [0.25, 0.3) is 65.3 Å². The van der Waals surface area contributed by atoms with Gasteiger partial charge in [-0.25, -0.2) is 0 Å². The Morgan fingerprint density at radius 1 is 0.352 bits per heavy atom. The minimum Gasteiger partial charge on any atom is -0.341 e. The summed E-state index contributed by atoms with van der Waals surface area (Å²) in [4.78, 5) is 5.09. The Kier molecular flexibility index (Phi) is 7.30. The summed E-state index contributed by atoms with van der Waals surface area (Å²) in [7, 11) is 0. The van der Waals surface area contributed by atoms with E-state index in [-0.39, 0.29) is 0 Å². The van der Waals surface area contributed by atoms with Gasteiger partial charge in [-0.1, -0.05) is 127 Å². The molecule has 9 aromatic carbocycles. The number of nitrogens with zero attached hydrogens (tertiary/aromatic N) is 2. The molecule has 11 rings (SSSR count). The summed E-state index contributed by atoms with van der Waals surface area (Å²) >= 11 is 0. The normalized spacial score (nSPS) is 14.1. The van der Waals surface area contributed by atoms with Crippen molar-refractivity contribution in [1.82, 2.24) is 0 Å².